The maximum absolute atomic E-state index is 12.9. The van der Waals surface area contributed by atoms with Crippen molar-refractivity contribution in [2.24, 2.45) is 5.92 Å². The quantitative estimate of drug-likeness (QED) is 0.614. The van der Waals surface area contributed by atoms with Crippen molar-refractivity contribution < 1.29 is 18.2 Å². The molecule has 1 fully saturated rings. The average molecular weight is 194 g/mol. The van der Waals surface area contributed by atoms with Crippen molar-refractivity contribution in [2.45, 2.75) is 38.2 Å². The van der Waals surface area contributed by atoms with E-state index in [2.05, 4.69) is 11.2 Å². The first-order chi connectivity index (χ1) is 5.67. The van der Waals surface area contributed by atoms with Crippen molar-refractivity contribution in [3.05, 3.63) is 0 Å². The Morgan fingerprint density at radius 2 is 1.77 bits per heavy atom. The van der Waals surface area contributed by atoms with Crippen molar-refractivity contribution in [3.63, 3.8) is 0 Å². The Labute approximate surface area is 75.8 Å². The molecule has 76 valence electrons. The molecule has 0 unspecified atom stereocenters. The van der Waals surface area contributed by atoms with Gasteiger partial charge < -0.3 is 4.74 Å². The molecule has 0 atom stereocenters. The molecule has 1 aliphatic carbocycles. The minimum Gasteiger partial charge on any atom is -0.379 e. The second kappa shape index (κ2) is 5.00. The molecule has 0 saturated heterocycles. The van der Waals surface area contributed by atoms with Crippen LogP contribution in [0, 0.1) is 18.4 Å². The van der Waals surface area contributed by atoms with E-state index in [0.717, 1.165) is 19.3 Å². The topological polar surface area (TPSA) is 9.23 Å². The lowest BCUT2D eigenvalue weighted by atomic mass is 9.88. The van der Waals surface area contributed by atoms with E-state index >= 15 is 0 Å². The van der Waals surface area contributed by atoms with Crippen LogP contribution in [0.5, 0.6) is 0 Å². The normalized spacial score (nSPS) is 18.5. The summed E-state index contributed by atoms with van der Waals surface area (Å²) in [6.07, 6.45) is 6.91. The molecule has 0 amide bonds. The lowest BCUT2D eigenvalue weighted by molar-refractivity contribution is -0.239. The van der Waals surface area contributed by atoms with Crippen molar-refractivity contribution in [1.82, 2.24) is 0 Å². The van der Waals surface area contributed by atoms with Crippen molar-refractivity contribution in [2.75, 3.05) is 0 Å². The third-order valence-electron chi connectivity index (χ3n) is 2.28. The highest BCUT2D eigenvalue weighted by molar-refractivity contribution is 4.79. The fraction of sp³-hybridized carbons (Fsp3) is 0.778. The van der Waals surface area contributed by atoms with Gasteiger partial charge in [0.1, 0.15) is 6.11 Å². The fourth-order valence-corrected chi connectivity index (χ4v) is 1.60. The van der Waals surface area contributed by atoms with Crippen molar-refractivity contribution in [3.8, 4) is 12.5 Å². The summed E-state index contributed by atoms with van der Waals surface area (Å²) in [5.41, 5.74) is 0. The van der Waals surface area contributed by atoms with Gasteiger partial charge in [0.25, 0.3) is 0 Å². The Morgan fingerprint density at radius 1 is 1.23 bits per heavy atom. The van der Waals surface area contributed by atoms with E-state index in [4.69, 9.17) is 0 Å². The van der Waals surface area contributed by atoms with Gasteiger partial charge in [-0.1, -0.05) is 25.7 Å². The molecule has 0 radical (unpaired) electrons. The van der Waals surface area contributed by atoms with Gasteiger partial charge in [-0.2, -0.15) is 8.78 Å². The second-order valence-electron chi connectivity index (χ2n) is 3.12. The van der Waals surface area contributed by atoms with Crippen LogP contribution in [-0.2, 0) is 4.74 Å². The number of hydrogen-bond acceptors (Lipinski definition) is 1. The Bertz CT molecular complexity index is 180. The second-order valence-corrected chi connectivity index (χ2v) is 3.12. The SMILES string of the molecule is C#COC(F)(F)C1CCCCC1.F. The van der Waals surface area contributed by atoms with Crippen molar-refractivity contribution in [1.29, 1.82) is 0 Å². The van der Waals surface area contributed by atoms with Crippen LogP contribution in [0.1, 0.15) is 32.1 Å². The largest absolute Gasteiger partial charge is 0.408 e. The Kier molecular flexibility index (Phi) is 4.68. The van der Waals surface area contributed by atoms with Crippen LogP contribution in [0.3, 0.4) is 0 Å². The standard InChI is InChI=1S/C9H12F2O.FH/c1-2-12-9(10,11)8-6-4-3-5-7-8;/h1,8H,3-7H2;1H. The molecule has 4 heteroatoms. The number of terminal acetylenes is 1. The summed E-state index contributed by atoms with van der Waals surface area (Å²) in [5.74, 6) is -0.678. The van der Waals surface area contributed by atoms with Crippen LogP contribution in [0.4, 0.5) is 13.5 Å². The molecule has 0 bridgehead atoms. The minimum atomic E-state index is -3.12. The molecule has 0 aromatic carbocycles. The van der Waals surface area contributed by atoms with Crippen LogP contribution in [0.15, 0.2) is 0 Å². The first-order valence-electron chi connectivity index (χ1n) is 4.18. The molecular formula is C9H13F3O. The zero-order chi connectivity index (χ0) is 9.03. The summed E-state index contributed by atoms with van der Waals surface area (Å²) in [7, 11) is 0. The van der Waals surface area contributed by atoms with E-state index < -0.39 is 12.0 Å². The summed E-state index contributed by atoms with van der Waals surface area (Å²) in [6.45, 7) is 0. The summed E-state index contributed by atoms with van der Waals surface area (Å²) in [6, 6.07) is 0. The molecule has 0 spiro atoms. The monoisotopic (exact) mass is 194 g/mol. The molecule has 0 aromatic heterocycles. The summed E-state index contributed by atoms with van der Waals surface area (Å²) < 4.78 is 29.9. The molecule has 13 heavy (non-hydrogen) atoms. The number of rotatable bonds is 2. The molecular weight excluding hydrogens is 181 g/mol. The van der Waals surface area contributed by atoms with Gasteiger partial charge in [0.05, 0.1) is 5.92 Å². The molecule has 1 saturated carbocycles. The predicted octanol–water partition coefficient (Wildman–Crippen LogP) is 2.92. The summed E-state index contributed by atoms with van der Waals surface area (Å²) in [4.78, 5) is 0. The van der Waals surface area contributed by atoms with E-state index in [-0.39, 0.29) is 4.70 Å². The number of ether oxygens (including phenoxy) is 1. The van der Waals surface area contributed by atoms with Gasteiger partial charge in [0, 0.05) is 0 Å². The molecule has 1 rings (SSSR count). The molecule has 0 aromatic rings. The predicted molar refractivity (Wildman–Crippen MR) is 43.9 cm³/mol. The molecule has 1 aliphatic rings. The van der Waals surface area contributed by atoms with Gasteiger partial charge in [-0.25, -0.2) is 0 Å². The third kappa shape index (κ3) is 3.17. The van der Waals surface area contributed by atoms with Crippen LogP contribution in [-0.4, -0.2) is 6.11 Å². The van der Waals surface area contributed by atoms with Crippen LogP contribution < -0.4 is 0 Å². The van der Waals surface area contributed by atoms with Gasteiger partial charge in [-0.3, -0.25) is 4.70 Å². The van der Waals surface area contributed by atoms with Gasteiger partial charge >= 0.3 is 6.11 Å². The number of halogens is 3. The average Bonchev–Trinajstić information content (AvgIpc) is 2.06. The lowest BCUT2D eigenvalue weighted by Gasteiger charge is -2.27. The van der Waals surface area contributed by atoms with E-state index in [1.165, 1.54) is 0 Å². The van der Waals surface area contributed by atoms with Crippen LogP contribution in [0.25, 0.3) is 0 Å². The molecule has 0 heterocycles. The maximum atomic E-state index is 12.9. The van der Waals surface area contributed by atoms with Crippen LogP contribution >= 0.6 is 0 Å². The summed E-state index contributed by atoms with van der Waals surface area (Å²) >= 11 is 0. The first kappa shape index (κ1) is 12.2. The van der Waals surface area contributed by atoms with E-state index in [9.17, 15) is 8.78 Å². The van der Waals surface area contributed by atoms with E-state index in [1.54, 1.807) is 6.11 Å². The van der Waals surface area contributed by atoms with Crippen molar-refractivity contribution >= 4 is 0 Å². The van der Waals surface area contributed by atoms with E-state index in [0.29, 0.717) is 12.8 Å². The molecule has 1 nitrogen and oxygen atoms in total. The zero-order valence-electron chi connectivity index (χ0n) is 7.26. The highest BCUT2D eigenvalue weighted by Gasteiger charge is 2.41. The maximum Gasteiger partial charge on any atom is 0.408 e. The molecule has 0 N–H and O–H groups in total. The lowest BCUT2D eigenvalue weighted by Crippen LogP contribution is -2.31. The summed E-state index contributed by atoms with van der Waals surface area (Å²) in [5, 5.41) is 0. The Balaban J connectivity index is 0.00000144. The van der Waals surface area contributed by atoms with Gasteiger partial charge in [-0.15, -0.1) is 0 Å². The number of hydrogen-bond donors (Lipinski definition) is 0. The van der Waals surface area contributed by atoms with E-state index in [1.807, 2.05) is 0 Å². The highest BCUT2D eigenvalue weighted by Crippen LogP contribution is 2.36. The Hall–Kier alpha value is -0.850. The Morgan fingerprint density at radius 3 is 2.23 bits per heavy atom. The molecule has 0 aliphatic heterocycles. The number of alkyl halides is 2. The first-order valence-corrected chi connectivity index (χ1v) is 4.18. The van der Waals surface area contributed by atoms with Gasteiger partial charge in [0.2, 0.25) is 0 Å². The van der Waals surface area contributed by atoms with Crippen LogP contribution in [0.2, 0.25) is 0 Å². The van der Waals surface area contributed by atoms with Gasteiger partial charge in [0.15, 0.2) is 0 Å². The fourth-order valence-electron chi connectivity index (χ4n) is 1.60. The smallest absolute Gasteiger partial charge is 0.379 e. The minimum absolute atomic E-state index is 0. The third-order valence-corrected chi connectivity index (χ3v) is 2.28. The van der Waals surface area contributed by atoms with Gasteiger partial charge in [-0.05, 0) is 12.8 Å². The highest BCUT2D eigenvalue weighted by atomic mass is 19.3. The zero-order valence-corrected chi connectivity index (χ0v) is 7.26.